The lowest BCUT2D eigenvalue weighted by Gasteiger charge is -2.46. The Morgan fingerprint density at radius 2 is 0.984 bits per heavy atom. The largest absolute Gasteiger partial charge is 0.462 e. The van der Waals surface area contributed by atoms with Gasteiger partial charge in [0.15, 0.2) is 0 Å². The molecule has 0 aromatic heterocycles. The highest BCUT2D eigenvalue weighted by Gasteiger charge is 2.52. The van der Waals surface area contributed by atoms with Gasteiger partial charge in [0.05, 0.1) is 10.5 Å². The van der Waals surface area contributed by atoms with Crippen LogP contribution in [0.15, 0.2) is 60.7 Å². The van der Waals surface area contributed by atoms with Crippen LogP contribution in [0.3, 0.4) is 0 Å². The Balaban J connectivity index is 1.11. The molecule has 2 aromatic rings. The Hall–Kier alpha value is -1.21. The minimum Gasteiger partial charge on any atom is -0.462 e. The number of thioether (sulfide) groups is 2. The van der Waals surface area contributed by atoms with E-state index in [1.807, 2.05) is 23.5 Å². The SMILES string of the molecule is CCCCCCCCCCCCCCCCCCCCCCCCCCCCCC(C[C@@H]1CC2(CC(=O)O1)SCCCS2)O[Si](c1ccccc1)(c1ccccc1)C(C)(C)C. The molecule has 0 bridgehead atoms. The van der Waals surface area contributed by atoms with Gasteiger partial charge in [-0.1, -0.05) is 262 Å². The molecule has 2 atom stereocenters. The van der Waals surface area contributed by atoms with Crippen LogP contribution >= 0.6 is 23.5 Å². The topological polar surface area (TPSA) is 35.5 Å². The molecule has 2 aliphatic rings. The molecule has 2 aromatic carbocycles. The number of hydrogen-bond donors (Lipinski definition) is 0. The van der Waals surface area contributed by atoms with E-state index in [1.165, 1.54) is 184 Å². The maximum absolute atomic E-state index is 13.1. The maximum Gasteiger partial charge on any atom is 0.308 e. The first-order chi connectivity index (χ1) is 29.8. The molecule has 6 heteroatoms. The molecule has 2 fully saturated rings. The van der Waals surface area contributed by atoms with Crippen LogP contribution in [-0.2, 0) is 14.0 Å². The van der Waals surface area contributed by atoms with E-state index in [9.17, 15) is 4.79 Å². The van der Waals surface area contributed by atoms with Crippen LogP contribution in [0.2, 0.25) is 5.04 Å². The number of unbranched alkanes of at least 4 members (excludes halogenated alkanes) is 26. The molecule has 2 heterocycles. The summed E-state index contributed by atoms with van der Waals surface area (Å²) in [5.74, 6) is 2.28. The van der Waals surface area contributed by atoms with Gasteiger partial charge in [-0.25, -0.2) is 0 Å². The van der Waals surface area contributed by atoms with Gasteiger partial charge in [-0.15, -0.1) is 23.5 Å². The highest BCUT2D eigenvalue weighted by molar-refractivity contribution is 8.18. The van der Waals surface area contributed by atoms with Crippen molar-refractivity contribution in [1.29, 1.82) is 0 Å². The van der Waals surface area contributed by atoms with Crippen molar-refractivity contribution in [2.45, 2.75) is 254 Å². The monoisotopic (exact) mass is 893 g/mol. The maximum atomic E-state index is 13.1. The molecule has 61 heavy (non-hydrogen) atoms. The van der Waals surface area contributed by atoms with Crippen molar-refractivity contribution in [2.75, 3.05) is 11.5 Å². The Morgan fingerprint density at radius 1 is 0.607 bits per heavy atom. The van der Waals surface area contributed by atoms with Crippen LogP contribution in [0, 0.1) is 0 Å². The van der Waals surface area contributed by atoms with Gasteiger partial charge >= 0.3 is 5.97 Å². The van der Waals surface area contributed by atoms with E-state index in [1.54, 1.807) is 0 Å². The number of rotatable bonds is 34. The van der Waals surface area contributed by atoms with Crippen LogP contribution in [-0.4, -0.2) is 42.1 Å². The molecule has 2 aliphatic heterocycles. The normalized spacial score (nSPS) is 17.4. The first kappa shape index (κ1) is 52.4. The van der Waals surface area contributed by atoms with Gasteiger partial charge in [0.1, 0.15) is 6.10 Å². The summed E-state index contributed by atoms with van der Waals surface area (Å²) in [5, 5.41) is 2.57. The summed E-state index contributed by atoms with van der Waals surface area (Å²) in [7, 11) is -2.74. The van der Waals surface area contributed by atoms with Crippen molar-refractivity contribution in [1.82, 2.24) is 0 Å². The van der Waals surface area contributed by atoms with Crippen molar-refractivity contribution in [2.24, 2.45) is 0 Å². The van der Waals surface area contributed by atoms with E-state index in [0.29, 0.717) is 6.42 Å². The van der Waals surface area contributed by atoms with Crippen LogP contribution in [0.1, 0.15) is 233 Å². The van der Waals surface area contributed by atoms with Gasteiger partial charge in [0, 0.05) is 18.9 Å². The van der Waals surface area contributed by atoms with Crippen molar-refractivity contribution in [3.8, 4) is 0 Å². The van der Waals surface area contributed by atoms with Crippen LogP contribution in [0.4, 0.5) is 0 Å². The molecule has 1 spiro atoms. The summed E-state index contributed by atoms with van der Waals surface area (Å²) < 4.78 is 13.9. The molecule has 0 N–H and O–H groups in total. The van der Waals surface area contributed by atoms with Gasteiger partial charge in [0.25, 0.3) is 8.32 Å². The second-order valence-electron chi connectivity index (χ2n) is 20.1. The third-order valence-corrected chi connectivity index (χ3v) is 22.1. The molecule has 3 nitrogen and oxygen atoms in total. The Bertz CT molecular complexity index is 1330. The second-order valence-corrected chi connectivity index (χ2v) is 27.5. The zero-order valence-corrected chi connectivity index (χ0v) is 42.6. The molecular weight excluding hydrogens is 801 g/mol. The lowest BCUT2D eigenvalue weighted by molar-refractivity contribution is -0.155. The zero-order valence-electron chi connectivity index (χ0n) is 40.0. The quantitative estimate of drug-likeness (QED) is 0.0397. The lowest BCUT2D eigenvalue weighted by Crippen LogP contribution is -2.67. The number of benzene rings is 2. The standard InChI is InChI=1S/C55H92O3S2Si/c1-5-6-7-8-9-10-11-12-13-14-15-16-17-18-19-20-21-22-23-24-25-26-27-28-29-30-33-39-49(46-50-47-55(48-53(56)57-50)59-44-38-45-60-55)58-61(54(2,3)4,51-40-34-31-35-41-51)52-42-36-32-37-43-52/h31-32,34-37,40-43,49-50H,5-30,33,38-39,44-48H2,1-4H3/t49?,50-/m1/s1. The number of cyclic esters (lactones) is 1. The van der Waals surface area contributed by atoms with Crippen molar-refractivity contribution >= 4 is 48.2 Å². The van der Waals surface area contributed by atoms with Gasteiger partial charge in [-0.3, -0.25) is 4.79 Å². The molecule has 0 aliphatic carbocycles. The molecular formula is C55H92O3S2Si. The molecule has 0 radical (unpaired) electrons. The van der Waals surface area contributed by atoms with Crippen LogP contribution in [0.25, 0.3) is 0 Å². The fourth-order valence-corrected chi connectivity index (χ4v) is 18.3. The molecule has 0 saturated carbocycles. The number of carbonyl (C=O) groups excluding carboxylic acids is 1. The molecule has 346 valence electrons. The van der Waals surface area contributed by atoms with Gasteiger partial charge in [-0.05, 0) is 39.8 Å². The minimum atomic E-state index is -2.74. The molecule has 4 rings (SSSR count). The number of hydrogen-bond acceptors (Lipinski definition) is 5. The lowest BCUT2D eigenvalue weighted by atomic mass is 9.98. The first-order valence-electron chi connectivity index (χ1n) is 26.0. The predicted molar refractivity (Wildman–Crippen MR) is 273 cm³/mol. The minimum absolute atomic E-state index is 0.0160. The van der Waals surface area contributed by atoms with Crippen molar-refractivity contribution < 1.29 is 14.0 Å². The summed E-state index contributed by atoms with van der Waals surface area (Å²) in [4.78, 5) is 13.1. The number of esters is 1. The summed E-state index contributed by atoms with van der Waals surface area (Å²) in [6.07, 6.45) is 42.7. The highest BCUT2D eigenvalue weighted by atomic mass is 32.2. The third-order valence-electron chi connectivity index (χ3n) is 13.7. The fraction of sp³-hybridized carbons (Fsp3) is 0.764. The summed E-state index contributed by atoms with van der Waals surface area (Å²) >= 11 is 4.01. The van der Waals surface area contributed by atoms with E-state index >= 15 is 0 Å². The van der Waals surface area contributed by atoms with Gasteiger partial charge in [0.2, 0.25) is 0 Å². The smallest absolute Gasteiger partial charge is 0.308 e. The Kier molecular flexibility index (Phi) is 26.5. The first-order valence-corrected chi connectivity index (χ1v) is 29.9. The van der Waals surface area contributed by atoms with Crippen LogP contribution < -0.4 is 10.4 Å². The van der Waals surface area contributed by atoms with Gasteiger partial charge in [-0.2, -0.15) is 0 Å². The van der Waals surface area contributed by atoms with E-state index in [0.717, 1.165) is 37.2 Å². The van der Waals surface area contributed by atoms with E-state index in [-0.39, 0.29) is 27.3 Å². The second kappa shape index (κ2) is 30.8. The molecule has 2 saturated heterocycles. The van der Waals surface area contributed by atoms with E-state index < -0.39 is 8.32 Å². The summed E-state index contributed by atoms with van der Waals surface area (Å²) in [6.45, 7) is 9.44. The summed E-state index contributed by atoms with van der Waals surface area (Å²) in [6, 6.07) is 22.2. The number of carbonyl (C=O) groups is 1. The highest BCUT2D eigenvalue weighted by Crippen LogP contribution is 2.51. The molecule has 1 unspecified atom stereocenters. The third kappa shape index (κ3) is 19.8. The van der Waals surface area contributed by atoms with Crippen molar-refractivity contribution in [3.05, 3.63) is 60.7 Å². The van der Waals surface area contributed by atoms with Crippen molar-refractivity contribution in [3.63, 3.8) is 0 Å². The van der Waals surface area contributed by atoms with E-state index in [2.05, 4.69) is 88.4 Å². The fourth-order valence-electron chi connectivity index (χ4n) is 10.2. The average molecular weight is 894 g/mol. The Morgan fingerprint density at radius 3 is 1.36 bits per heavy atom. The number of ether oxygens (including phenoxy) is 1. The zero-order chi connectivity index (χ0) is 43.3. The van der Waals surface area contributed by atoms with E-state index in [4.69, 9.17) is 9.16 Å². The average Bonchev–Trinajstić information content (AvgIpc) is 3.25. The molecule has 0 amide bonds. The van der Waals surface area contributed by atoms with Gasteiger partial charge < -0.3 is 9.16 Å². The Labute approximate surface area is 386 Å². The summed E-state index contributed by atoms with van der Waals surface area (Å²) in [5.41, 5.74) is 0. The van der Waals surface area contributed by atoms with Crippen LogP contribution in [0.5, 0.6) is 0 Å². The predicted octanol–water partition coefficient (Wildman–Crippen LogP) is 16.5.